The van der Waals surface area contributed by atoms with E-state index in [1.165, 1.54) is 0 Å². The van der Waals surface area contributed by atoms with Crippen LogP contribution < -0.4 is 10.6 Å². The Morgan fingerprint density at radius 1 is 0.815 bits per heavy atom. The molecule has 2 unspecified atom stereocenters. The first-order valence-corrected chi connectivity index (χ1v) is 19.6. The molecule has 286 valence electrons. The fraction of sp³-hybridized carbons (Fsp3) is 0.357. The molecular weight excluding hydrogens is 768 g/mol. The predicted octanol–water partition coefficient (Wildman–Crippen LogP) is 9.42. The van der Waals surface area contributed by atoms with Gasteiger partial charge in [-0.2, -0.15) is 0 Å². The third-order valence-electron chi connectivity index (χ3n) is 9.51. The molecule has 0 radical (unpaired) electrons. The number of benzene rings is 4. The van der Waals surface area contributed by atoms with Crippen LogP contribution in [0.3, 0.4) is 0 Å². The first-order chi connectivity index (χ1) is 25.9. The summed E-state index contributed by atoms with van der Waals surface area (Å²) >= 11 is 26.1. The summed E-state index contributed by atoms with van der Waals surface area (Å²) in [5, 5.41) is 17.9. The standard InChI is InChI=1S/C42H45Cl4N3O5/c1-26(2)17-39(41(52)48-36(25-50)24-31-15-16-47-40(31)51)54-42(53)49(37(29-9-5-13-34(45)22-29)20-27-7-3-11-32(43)18-27)38(30-10-6-14-35(46)23-30)21-28-8-4-12-33(44)19-28/h3-14,18-19,22-23,26,31,36-39,50H,15-17,20-21,24-25H2,1-2H3,(H,47,51)(H,48,52)/t31-,36-,37?,38?,39-/m0/s1. The highest BCUT2D eigenvalue weighted by Crippen LogP contribution is 2.38. The average molecular weight is 814 g/mol. The van der Waals surface area contributed by atoms with Gasteiger partial charge in [0.25, 0.3) is 5.91 Å². The Hall–Kier alpha value is -3.79. The van der Waals surface area contributed by atoms with Gasteiger partial charge in [-0.1, -0.05) is 109 Å². The molecule has 0 aromatic heterocycles. The molecule has 5 rings (SSSR count). The largest absolute Gasteiger partial charge is 0.436 e. The van der Waals surface area contributed by atoms with Gasteiger partial charge in [0.2, 0.25) is 5.91 Å². The summed E-state index contributed by atoms with van der Waals surface area (Å²) in [5.74, 6) is -1.04. The molecular formula is C42H45Cl4N3O5. The number of rotatable bonds is 16. The van der Waals surface area contributed by atoms with E-state index >= 15 is 4.79 Å². The van der Waals surface area contributed by atoms with Crippen LogP contribution in [0.15, 0.2) is 97.1 Å². The fourth-order valence-corrected chi connectivity index (χ4v) is 7.76. The molecule has 3 amide bonds. The van der Waals surface area contributed by atoms with Crippen molar-refractivity contribution < 1.29 is 24.2 Å². The zero-order valence-electron chi connectivity index (χ0n) is 30.2. The highest BCUT2D eigenvalue weighted by molar-refractivity contribution is 6.31. The van der Waals surface area contributed by atoms with Crippen molar-refractivity contribution in [3.05, 3.63) is 139 Å². The van der Waals surface area contributed by atoms with Crippen LogP contribution in [0.4, 0.5) is 4.79 Å². The maximum atomic E-state index is 15.1. The van der Waals surface area contributed by atoms with Gasteiger partial charge in [-0.25, -0.2) is 4.79 Å². The molecule has 0 spiro atoms. The number of aliphatic hydroxyl groups excluding tert-OH is 1. The predicted molar refractivity (Wildman–Crippen MR) is 215 cm³/mol. The maximum absolute atomic E-state index is 15.1. The Labute approximate surface area is 337 Å². The second kappa shape index (κ2) is 19.7. The number of nitrogens with zero attached hydrogens (tertiary/aromatic N) is 1. The number of carbonyl (C=O) groups is 3. The first kappa shape index (κ1) is 41.4. The van der Waals surface area contributed by atoms with Crippen LogP contribution in [-0.4, -0.2) is 53.2 Å². The zero-order valence-corrected chi connectivity index (χ0v) is 33.2. The molecule has 4 aromatic rings. The number of nitrogens with one attached hydrogen (secondary N) is 2. The highest BCUT2D eigenvalue weighted by atomic mass is 35.5. The summed E-state index contributed by atoms with van der Waals surface area (Å²) in [6, 6.07) is 27.4. The van der Waals surface area contributed by atoms with Crippen molar-refractivity contribution in [1.82, 2.24) is 15.5 Å². The molecule has 1 aliphatic heterocycles. The summed E-state index contributed by atoms with van der Waals surface area (Å²) in [6.07, 6.45) is -0.247. The molecule has 54 heavy (non-hydrogen) atoms. The van der Waals surface area contributed by atoms with Gasteiger partial charge in [0, 0.05) is 32.6 Å². The van der Waals surface area contributed by atoms with Gasteiger partial charge in [0.1, 0.15) is 0 Å². The van der Waals surface area contributed by atoms with Gasteiger partial charge < -0.3 is 20.5 Å². The Morgan fingerprint density at radius 2 is 1.31 bits per heavy atom. The van der Waals surface area contributed by atoms with E-state index in [1.54, 1.807) is 29.2 Å². The first-order valence-electron chi connectivity index (χ1n) is 18.1. The number of hydrogen-bond donors (Lipinski definition) is 3. The van der Waals surface area contributed by atoms with Crippen LogP contribution in [0.5, 0.6) is 0 Å². The lowest BCUT2D eigenvalue weighted by molar-refractivity contribution is -0.133. The van der Waals surface area contributed by atoms with Gasteiger partial charge in [-0.15, -0.1) is 0 Å². The SMILES string of the molecule is CC(C)C[C@H](OC(=O)N(C(Cc1cccc(Cl)c1)c1cccc(Cl)c1)C(Cc1cccc(Cl)c1)c1cccc(Cl)c1)C(=O)N[C@H](CO)C[C@@H]1CCNC1=O. The summed E-state index contributed by atoms with van der Waals surface area (Å²) in [6.45, 7) is 4.03. The van der Waals surface area contributed by atoms with Gasteiger partial charge >= 0.3 is 6.09 Å². The van der Waals surface area contributed by atoms with Gasteiger partial charge in [-0.3, -0.25) is 14.5 Å². The number of hydrogen-bond acceptors (Lipinski definition) is 5. The molecule has 0 saturated carbocycles. The maximum Gasteiger partial charge on any atom is 0.411 e. The Morgan fingerprint density at radius 3 is 1.74 bits per heavy atom. The molecule has 8 nitrogen and oxygen atoms in total. The van der Waals surface area contributed by atoms with Crippen LogP contribution in [0.25, 0.3) is 0 Å². The molecule has 1 saturated heterocycles. The molecule has 1 fully saturated rings. The van der Waals surface area contributed by atoms with Crippen molar-refractivity contribution in [3.63, 3.8) is 0 Å². The number of amides is 3. The quantitative estimate of drug-likeness (QED) is 0.105. The lowest BCUT2D eigenvalue weighted by Gasteiger charge is -2.39. The summed E-state index contributed by atoms with van der Waals surface area (Å²) < 4.78 is 6.31. The minimum absolute atomic E-state index is 0.0411. The van der Waals surface area contributed by atoms with Crippen molar-refractivity contribution >= 4 is 64.3 Å². The van der Waals surface area contributed by atoms with Gasteiger partial charge in [0.15, 0.2) is 6.10 Å². The fourth-order valence-electron chi connectivity index (χ4n) is 6.93. The van der Waals surface area contributed by atoms with Crippen LogP contribution in [0.1, 0.15) is 67.4 Å². The Balaban J connectivity index is 1.61. The van der Waals surface area contributed by atoms with E-state index in [0.29, 0.717) is 45.9 Å². The molecule has 0 bridgehead atoms. The summed E-state index contributed by atoms with van der Waals surface area (Å²) in [5.41, 5.74) is 3.18. The smallest absolute Gasteiger partial charge is 0.411 e. The Kier molecular flexibility index (Phi) is 15.1. The molecule has 3 N–H and O–H groups in total. The van der Waals surface area contributed by atoms with Crippen LogP contribution in [0.2, 0.25) is 20.1 Å². The molecule has 5 atom stereocenters. The number of ether oxygens (including phenoxy) is 1. The van der Waals surface area contributed by atoms with E-state index in [2.05, 4.69) is 10.6 Å². The summed E-state index contributed by atoms with van der Waals surface area (Å²) in [4.78, 5) is 43.1. The summed E-state index contributed by atoms with van der Waals surface area (Å²) in [7, 11) is 0. The van der Waals surface area contributed by atoms with Crippen LogP contribution in [0, 0.1) is 11.8 Å². The molecule has 0 aliphatic carbocycles. The number of aliphatic hydroxyl groups is 1. The molecule has 1 heterocycles. The van der Waals surface area contributed by atoms with Crippen molar-refractivity contribution in [2.45, 2.75) is 70.2 Å². The van der Waals surface area contributed by atoms with E-state index in [4.69, 9.17) is 51.1 Å². The minimum atomic E-state index is -1.22. The third kappa shape index (κ3) is 11.6. The van der Waals surface area contributed by atoms with Crippen LogP contribution in [-0.2, 0) is 27.2 Å². The second-order valence-electron chi connectivity index (χ2n) is 14.1. The van der Waals surface area contributed by atoms with E-state index in [-0.39, 0.29) is 37.2 Å². The molecule has 1 aliphatic rings. The monoisotopic (exact) mass is 811 g/mol. The normalized spacial score (nSPS) is 16.3. The van der Waals surface area contributed by atoms with Crippen molar-refractivity contribution in [1.29, 1.82) is 0 Å². The topological polar surface area (TPSA) is 108 Å². The zero-order chi connectivity index (χ0) is 38.8. The third-order valence-corrected chi connectivity index (χ3v) is 10.4. The highest BCUT2D eigenvalue weighted by Gasteiger charge is 2.38. The van der Waals surface area contributed by atoms with Crippen molar-refractivity contribution in [3.8, 4) is 0 Å². The van der Waals surface area contributed by atoms with Crippen molar-refractivity contribution in [2.75, 3.05) is 13.2 Å². The van der Waals surface area contributed by atoms with E-state index < -0.39 is 36.2 Å². The van der Waals surface area contributed by atoms with Crippen molar-refractivity contribution in [2.24, 2.45) is 11.8 Å². The lowest BCUT2D eigenvalue weighted by Crippen LogP contribution is -2.48. The Bertz CT molecular complexity index is 1810. The molecule has 12 heteroatoms. The minimum Gasteiger partial charge on any atom is -0.436 e. The van der Waals surface area contributed by atoms with E-state index in [9.17, 15) is 14.7 Å². The van der Waals surface area contributed by atoms with Gasteiger partial charge in [-0.05, 0) is 109 Å². The lowest BCUT2D eigenvalue weighted by atomic mass is 9.91. The second-order valence-corrected chi connectivity index (χ2v) is 15.9. The number of halogens is 4. The van der Waals surface area contributed by atoms with Crippen LogP contribution >= 0.6 is 46.4 Å². The molecule has 4 aromatic carbocycles. The van der Waals surface area contributed by atoms with E-state index in [0.717, 1.165) is 22.3 Å². The average Bonchev–Trinajstić information content (AvgIpc) is 3.53. The van der Waals surface area contributed by atoms with E-state index in [1.807, 2.05) is 86.6 Å². The van der Waals surface area contributed by atoms with Gasteiger partial charge in [0.05, 0.1) is 24.7 Å². The number of carbonyl (C=O) groups excluding carboxylic acids is 3.